The molecule has 0 spiro atoms. The van der Waals surface area contributed by atoms with Crippen molar-refractivity contribution < 1.29 is 23.0 Å². The Kier molecular flexibility index (Phi) is 5.27. The third kappa shape index (κ3) is 3.29. The van der Waals surface area contributed by atoms with Gasteiger partial charge >= 0.3 is 5.97 Å². The fraction of sp³-hybridized carbons (Fsp3) is 0.455. The molecule has 0 N–H and O–H groups in total. The highest BCUT2D eigenvalue weighted by Gasteiger charge is 2.20. The van der Waals surface area contributed by atoms with E-state index in [4.69, 9.17) is 16.3 Å². The van der Waals surface area contributed by atoms with Gasteiger partial charge in [-0.05, 0) is 11.6 Å². The van der Waals surface area contributed by atoms with Crippen molar-refractivity contribution in [2.75, 3.05) is 14.2 Å². The van der Waals surface area contributed by atoms with E-state index >= 15 is 0 Å². The Labute approximate surface area is 108 Å². The molecule has 0 aliphatic rings. The fourth-order valence-corrected chi connectivity index (χ4v) is 1.64. The van der Waals surface area contributed by atoms with Crippen molar-refractivity contribution in [1.29, 1.82) is 0 Å². The predicted molar refractivity (Wildman–Crippen MR) is 61.0 cm³/mol. The van der Waals surface area contributed by atoms with Gasteiger partial charge in [0.25, 0.3) is 6.43 Å². The molecule has 0 aliphatic heterocycles. The molecule has 0 fully saturated rings. The Bertz CT molecular complexity index is 441. The van der Waals surface area contributed by atoms with Gasteiger partial charge in [-0.3, -0.25) is 4.79 Å². The summed E-state index contributed by atoms with van der Waals surface area (Å²) in [6.45, 7) is 0. The molecule has 1 heterocycles. The summed E-state index contributed by atoms with van der Waals surface area (Å²) in [4.78, 5) is 15.0. The standard InChI is InChI=1S/C11H12ClF2NO3/c1-17-9(16)4-6-3-7(10(13)14)11(18-2)15-8(6)5-12/h3,10H,4-5H2,1-2H3. The Morgan fingerprint density at radius 2 is 2.17 bits per heavy atom. The monoisotopic (exact) mass is 279 g/mol. The van der Waals surface area contributed by atoms with Gasteiger partial charge in [0.1, 0.15) is 0 Å². The van der Waals surface area contributed by atoms with E-state index in [1.165, 1.54) is 20.3 Å². The summed E-state index contributed by atoms with van der Waals surface area (Å²) in [7, 11) is 2.46. The van der Waals surface area contributed by atoms with Crippen LogP contribution in [0.25, 0.3) is 0 Å². The van der Waals surface area contributed by atoms with Crippen molar-refractivity contribution in [1.82, 2.24) is 4.98 Å². The van der Waals surface area contributed by atoms with Crippen LogP contribution in [0.5, 0.6) is 5.88 Å². The lowest BCUT2D eigenvalue weighted by atomic mass is 10.1. The number of pyridine rings is 1. The van der Waals surface area contributed by atoms with E-state index < -0.39 is 12.4 Å². The number of hydrogen-bond acceptors (Lipinski definition) is 4. The molecule has 100 valence electrons. The molecule has 0 radical (unpaired) electrons. The highest BCUT2D eigenvalue weighted by atomic mass is 35.5. The van der Waals surface area contributed by atoms with Crippen LogP contribution < -0.4 is 4.74 Å². The SMILES string of the molecule is COC(=O)Cc1cc(C(F)F)c(OC)nc1CCl. The third-order valence-corrected chi connectivity index (χ3v) is 2.55. The van der Waals surface area contributed by atoms with Crippen LogP contribution in [-0.2, 0) is 21.8 Å². The van der Waals surface area contributed by atoms with Gasteiger partial charge in [0.15, 0.2) is 0 Å². The van der Waals surface area contributed by atoms with Crippen LogP contribution in [0, 0.1) is 0 Å². The van der Waals surface area contributed by atoms with E-state index in [1.807, 2.05) is 0 Å². The van der Waals surface area contributed by atoms with E-state index in [0.29, 0.717) is 11.3 Å². The predicted octanol–water partition coefficient (Wildman–Crippen LogP) is 2.48. The molecular weight excluding hydrogens is 268 g/mol. The number of carbonyl (C=O) groups is 1. The quantitative estimate of drug-likeness (QED) is 0.614. The molecule has 1 rings (SSSR count). The highest BCUT2D eigenvalue weighted by Crippen LogP contribution is 2.30. The molecule has 0 saturated heterocycles. The summed E-state index contributed by atoms with van der Waals surface area (Å²) in [5.41, 5.74) is 0.265. The van der Waals surface area contributed by atoms with Crippen LogP contribution in [0.15, 0.2) is 6.07 Å². The summed E-state index contributed by atoms with van der Waals surface area (Å²) < 4.78 is 34.8. The smallest absolute Gasteiger partial charge is 0.310 e. The van der Waals surface area contributed by atoms with Gasteiger partial charge < -0.3 is 9.47 Å². The first-order chi connectivity index (χ1) is 8.53. The normalized spacial score (nSPS) is 10.6. The maximum Gasteiger partial charge on any atom is 0.310 e. The number of hydrogen-bond donors (Lipinski definition) is 0. The zero-order chi connectivity index (χ0) is 13.7. The van der Waals surface area contributed by atoms with Crippen LogP contribution in [0.4, 0.5) is 8.78 Å². The van der Waals surface area contributed by atoms with E-state index in [2.05, 4.69) is 9.72 Å². The first-order valence-electron chi connectivity index (χ1n) is 5.01. The van der Waals surface area contributed by atoms with Gasteiger partial charge in [0.2, 0.25) is 5.88 Å². The maximum absolute atomic E-state index is 12.8. The summed E-state index contributed by atoms with van der Waals surface area (Å²) in [6, 6.07) is 1.17. The second-order valence-electron chi connectivity index (χ2n) is 3.38. The van der Waals surface area contributed by atoms with Crippen molar-refractivity contribution in [3.63, 3.8) is 0 Å². The lowest BCUT2D eigenvalue weighted by molar-refractivity contribution is -0.139. The Morgan fingerprint density at radius 1 is 1.50 bits per heavy atom. The van der Waals surface area contributed by atoms with E-state index in [9.17, 15) is 13.6 Å². The van der Waals surface area contributed by atoms with Crippen LogP contribution in [0.1, 0.15) is 23.2 Å². The van der Waals surface area contributed by atoms with E-state index in [1.54, 1.807) is 0 Å². The first-order valence-corrected chi connectivity index (χ1v) is 5.54. The Hall–Kier alpha value is -1.43. The largest absolute Gasteiger partial charge is 0.481 e. The number of alkyl halides is 3. The first kappa shape index (κ1) is 14.6. The minimum atomic E-state index is -2.74. The van der Waals surface area contributed by atoms with Crippen LogP contribution in [-0.4, -0.2) is 25.2 Å². The summed E-state index contributed by atoms with van der Waals surface area (Å²) >= 11 is 5.66. The Morgan fingerprint density at radius 3 is 2.61 bits per heavy atom. The van der Waals surface area contributed by atoms with Crippen molar-refractivity contribution in [3.05, 3.63) is 22.9 Å². The number of ether oxygens (including phenoxy) is 2. The number of halogens is 3. The molecule has 0 unspecified atom stereocenters. The summed E-state index contributed by atoms with van der Waals surface area (Å²) in [5.74, 6) is -0.741. The van der Waals surface area contributed by atoms with Crippen LogP contribution in [0.3, 0.4) is 0 Å². The maximum atomic E-state index is 12.8. The van der Waals surface area contributed by atoms with Crippen molar-refractivity contribution in [3.8, 4) is 5.88 Å². The molecule has 0 aliphatic carbocycles. The molecule has 0 amide bonds. The second kappa shape index (κ2) is 6.49. The zero-order valence-corrected chi connectivity index (χ0v) is 10.6. The number of aromatic nitrogens is 1. The van der Waals surface area contributed by atoms with Gasteiger partial charge in [-0.25, -0.2) is 13.8 Å². The fourth-order valence-electron chi connectivity index (χ4n) is 1.41. The summed E-state index contributed by atoms with van der Waals surface area (Å²) in [5, 5.41) is 0. The molecule has 4 nitrogen and oxygen atoms in total. The Balaban J connectivity index is 3.22. The topological polar surface area (TPSA) is 48.4 Å². The second-order valence-corrected chi connectivity index (χ2v) is 3.65. The van der Waals surface area contributed by atoms with Gasteiger partial charge in [0, 0.05) is 0 Å². The average Bonchev–Trinajstić information content (AvgIpc) is 2.37. The number of esters is 1. The van der Waals surface area contributed by atoms with E-state index in [0.717, 1.165) is 0 Å². The number of rotatable bonds is 5. The lowest BCUT2D eigenvalue weighted by Gasteiger charge is -2.12. The average molecular weight is 280 g/mol. The molecule has 0 saturated carbocycles. The van der Waals surface area contributed by atoms with E-state index in [-0.39, 0.29) is 23.7 Å². The minimum absolute atomic E-state index is 0.00773. The number of nitrogens with zero attached hydrogens (tertiary/aromatic N) is 1. The third-order valence-electron chi connectivity index (χ3n) is 2.30. The van der Waals surface area contributed by atoms with Crippen molar-refractivity contribution in [2.45, 2.75) is 18.7 Å². The highest BCUT2D eigenvalue weighted by molar-refractivity contribution is 6.17. The van der Waals surface area contributed by atoms with Crippen molar-refractivity contribution >= 4 is 17.6 Å². The number of methoxy groups -OCH3 is 2. The van der Waals surface area contributed by atoms with Gasteiger partial charge in [0.05, 0.1) is 37.8 Å². The zero-order valence-electron chi connectivity index (χ0n) is 9.87. The molecular formula is C11H12ClF2NO3. The minimum Gasteiger partial charge on any atom is -0.481 e. The molecule has 0 bridgehead atoms. The van der Waals surface area contributed by atoms with Crippen molar-refractivity contribution in [2.24, 2.45) is 0 Å². The molecule has 7 heteroatoms. The molecule has 0 aromatic carbocycles. The lowest BCUT2D eigenvalue weighted by Crippen LogP contribution is -2.10. The van der Waals surface area contributed by atoms with Gasteiger partial charge in [-0.1, -0.05) is 0 Å². The van der Waals surface area contributed by atoms with Gasteiger partial charge in [-0.15, -0.1) is 11.6 Å². The molecule has 0 atom stereocenters. The molecule has 1 aromatic heterocycles. The molecule has 1 aromatic rings. The number of carbonyl (C=O) groups excluding carboxylic acids is 1. The van der Waals surface area contributed by atoms with Gasteiger partial charge in [-0.2, -0.15) is 0 Å². The summed E-state index contributed by atoms with van der Waals surface area (Å²) in [6.07, 6.45) is -2.90. The molecule has 18 heavy (non-hydrogen) atoms. The van der Waals surface area contributed by atoms with Crippen LogP contribution >= 0.6 is 11.6 Å². The van der Waals surface area contributed by atoms with Crippen LogP contribution in [0.2, 0.25) is 0 Å².